The molecule has 1 atom stereocenters. The summed E-state index contributed by atoms with van der Waals surface area (Å²) in [5.41, 5.74) is 7.68. The third-order valence-corrected chi connectivity index (χ3v) is 3.37. The molecule has 3 N–H and O–H groups in total. The molecule has 1 fully saturated rings. The molecule has 0 radical (unpaired) electrons. The molecule has 0 unspecified atom stereocenters. The number of amides is 1. The summed E-state index contributed by atoms with van der Waals surface area (Å²) in [5.74, 6) is 0.676. The number of hydrogen-bond donors (Lipinski definition) is 2. The van der Waals surface area contributed by atoms with Gasteiger partial charge in [-0.1, -0.05) is 18.2 Å². The van der Waals surface area contributed by atoms with Crippen molar-refractivity contribution in [3.05, 3.63) is 29.3 Å². The van der Waals surface area contributed by atoms with E-state index < -0.39 is 6.04 Å². The van der Waals surface area contributed by atoms with Crippen LogP contribution in [0.2, 0.25) is 0 Å². The number of aryl methyl sites for hydroxylation is 2. The molecular formula is C14H20N2O3. The first-order chi connectivity index (χ1) is 9.02. The Hall–Kier alpha value is -1.59. The van der Waals surface area contributed by atoms with Crippen molar-refractivity contribution in [3.8, 4) is 5.75 Å². The van der Waals surface area contributed by atoms with E-state index in [4.69, 9.17) is 15.6 Å². The predicted molar refractivity (Wildman–Crippen MR) is 72.0 cm³/mol. The number of rotatable bonds is 4. The lowest BCUT2D eigenvalue weighted by Crippen LogP contribution is -2.60. The number of carbonyl (C=O) groups excluding carboxylic acids is 1. The molecule has 104 valence electrons. The number of para-hydroxylation sites is 1. The number of nitrogens with zero attached hydrogens (tertiary/aromatic N) is 1. The Morgan fingerprint density at radius 3 is 2.58 bits per heavy atom. The fraction of sp³-hybridized carbons (Fsp3) is 0.500. The maximum absolute atomic E-state index is 11.7. The lowest BCUT2D eigenvalue weighted by atomic mass is 10.1. The van der Waals surface area contributed by atoms with E-state index in [1.165, 1.54) is 0 Å². The Balaban J connectivity index is 1.90. The normalized spacial score (nSPS) is 16.9. The maximum atomic E-state index is 11.7. The molecule has 1 heterocycles. The average Bonchev–Trinajstić information content (AvgIpc) is 2.34. The van der Waals surface area contributed by atoms with Crippen LogP contribution >= 0.6 is 0 Å². The van der Waals surface area contributed by atoms with E-state index in [1.807, 2.05) is 32.0 Å². The topological polar surface area (TPSA) is 75.8 Å². The number of hydrogen-bond acceptors (Lipinski definition) is 4. The third kappa shape index (κ3) is 2.88. The molecule has 2 rings (SSSR count). The van der Waals surface area contributed by atoms with E-state index in [-0.39, 0.29) is 18.6 Å². The third-order valence-electron chi connectivity index (χ3n) is 3.37. The van der Waals surface area contributed by atoms with Crippen molar-refractivity contribution in [2.24, 2.45) is 5.73 Å². The van der Waals surface area contributed by atoms with Crippen LogP contribution < -0.4 is 10.5 Å². The highest BCUT2D eigenvalue weighted by Crippen LogP contribution is 2.26. The van der Waals surface area contributed by atoms with Gasteiger partial charge in [-0.3, -0.25) is 4.79 Å². The molecule has 5 nitrogen and oxygen atoms in total. The highest BCUT2D eigenvalue weighted by atomic mass is 16.5. The maximum Gasteiger partial charge on any atom is 0.242 e. The van der Waals surface area contributed by atoms with Crippen LogP contribution in [0.15, 0.2) is 18.2 Å². The average molecular weight is 264 g/mol. The summed E-state index contributed by atoms with van der Waals surface area (Å²) in [6.07, 6.45) is 0.00893. The Labute approximate surface area is 113 Å². The minimum atomic E-state index is -0.818. The standard InChI is InChI=1S/C14H20N2O3/c1-9-4-3-5-10(2)13(9)19-11-6-16(7-11)14(18)12(15)8-17/h3-5,11-12,17H,6-8,15H2,1-2H3/t12-/m0/s1. The molecule has 1 aromatic rings. The van der Waals surface area contributed by atoms with Crippen LogP contribution in [0.1, 0.15) is 11.1 Å². The molecular weight excluding hydrogens is 244 g/mol. The van der Waals surface area contributed by atoms with Crippen LogP contribution in [0.4, 0.5) is 0 Å². The first-order valence-corrected chi connectivity index (χ1v) is 6.41. The van der Waals surface area contributed by atoms with Gasteiger partial charge >= 0.3 is 0 Å². The number of ether oxygens (including phenoxy) is 1. The van der Waals surface area contributed by atoms with E-state index in [0.717, 1.165) is 16.9 Å². The highest BCUT2D eigenvalue weighted by molar-refractivity contribution is 5.82. The second-order valence-electron chi connectivity index (χ2n) is 4.99. The number of benzene rings is 1. The molecule has 0 spiro atoms. The molecule has 1 aromatic carbocycles. The molecule has 0 aromatic heterocycles. The molecule has 19 heavy (non-hydrogen) atoms. The minimum Gasteiger partial charge on any atom is -0.486 e. The Bertz CT molecular complexity index is 450. The van der Waals surface area contributed by atoms with Crippen molar-refractivity contribution >= 4 is 5.91 Å². The second-order valence-corrected chi connectivity index (χ2v) is 4.99. The second kappa shape index (κ2) is 5.59. The Morgan fingerprint density at radius 2 is 2.05 bits per heavy atom. The van der Waals surface area contributed by atoms with Crippen molar-refractivity contribution in [2.75, 3.05) is 19.7 Å². The summed E-state index contributed by atoms with van der Waals surface area (Å²) < 4.78 is 5.91. The predicted octanol–water partition coefficient (Wildman–Crippen LogP) is 0.213. The fourth-order valence-corrected chi connectivity index (χ4v) is 2.16. The lowest BCUT2D eigenvalue weighted by Gasteiger charge is -2.40. The zero-order valence-corrected chi connectivity index (χ0v) is 11.3. The molecule has 5 heteroatoms. The van der Waals surface area contributed by atoms with Gasteiger partial charge in [0.05, 0.1) is 19.7 Å². The van der Waals surface area contributed by atoms with Crippen LogP contribution in [0.3, 0.4) is 0 Å². The zero-order chi connectivity index (χ0) is 14.0. The van der Waals surface area contributed by atoms with Gasteiger partial charge in [0.25, 0.3) is 0 Å². The summed E-state index contributed by atoms with van der Waals surface area (Å²) >= 11 is 0. The van der Waals surface area contributed by atoms with Gasteiger partial charge in [-0.2, -0.15) is 0 Å². The Kier molecular flexibility index (Phi) is 4.07. The van der Waals surface area contributed by atoms with Crippen LogP contribution in [0.25, 0.3) is 0 Å². The van der Waals surface area contributed by atoms with E-state index in [0.29, 0.717) is 13.1 Å². The monoisotopic (exact) mass is 264 g/mol. The number of likely N-dealkylation sites (tertiary alicyclic amines) is 1. The van der Waals surface area contributed by atoms with Crippen molar-refractivity contribution in [3.63, 3.8) is 0 Å². The van der Waals surface area contributed by atoms with Gasteiger partial charge in [0.2, 0.25) is 5.91 Å². The molecule has 1 aliphatic heterocycles. The largest absolute Gasteiger partial charge is 0.486 e. The van der Waals surface area contributed by atoms with Gasteiger partial charge in [-0.05, 0) is 25.0 Å². The lowest BCUT2D eigenvalue weighted by molar-refractivity contribution is -0.142. The van der Waals surface area contributed by atoms with Crippen LogP contribution in [-0.2, 0) is 4.79 Å². The molecule has 1 aliphatic rings. The Morgan fingerprint density at radius 1 is 1.47 bits per heavy atom. The molecule has 0 aliphatic carbocycles. The number of nitrogens with two attached hydrogens (primary N) is 1. The van der Waals surface area contributed by atoms with Crippen molar-refractivity contribution in [1.82, 2.24) is 4.90 Å². The van der Waals surface area contributed by atoms with Crippen LogP contribution in [-0.4, -0.2) is 47.8 Å². The highest BCUT2D eigenvalue weighted by Gasteiger charge is 2.34. The smallest absolute Gasteiger partial charge is 0.242 e. The fourth-order valence-electron chi connectivity index (χ4n) is 2.16. The summed E-state index contributed by atoms with van der Waals surface area (Å²) in [6, 6.07) is 5.19. The first kappa shape index (κ1) is 13.8. The summed E-state index contributed by atoms with van der Waals surface area (Å²) in [5, 5.41) is 8.84. The molecule has 0 bridgehead atoms. The number of aliphatic hydroxyl groups excluding tert-OH is 1. The summed E-state index contributed by atoms with van der Waals surface area (Å²) in [6.45, 7) is 4.75. The minimum absolute atomic E-state index is 0.00893. The molecule has 0 saturated carbocycles. The van der Waals surface area contributed by atoms with E-state index in [1.54, 1.807) is 4.90 Å². The summed E-state index contributed by atoms with van der Waals surface area (Å²) in [7, 11) is 0. The zero-order valence-electron chi connectivity index (χ0n) is 11.3. The SMILES string of the molecule is Cc1cccc(C)c1OC1CN(C(=O)[C@@H](N)CO)C1. The van der Waals surface area contributed by atoms with Gasteiger partial charge in [-0.15, -0.1) is 0 Å². The summed E-state index contributed by atoms with van der Waals surface area (Å²) in [4.78, 5) is 13.3. The van der Waals surface area contributed by atoms with Gasteiger partial charge < -0.3 is 20.5 Å². The van der Waals surface area contributed by atoms with E-state index >= 15 is 0 Å². The van der Waals surface area contributed by atoms with Gasteiger partial charge in [0.1, 0.15) is 17.9 Å². The van der Waals surface area contributed by atoms with Gasteiger partial charge in [-0.25, -0.2) is 0 Å². The van der Waals surface area contributed by atoms with E-state index in [2.05, 4.69) is 0 Å². The number of aliphatic hydroxyl groups is 1. The number of carbonyl (C=O) groups is 1. The van der Waals surface area contributed by atoms with Gasteiger partial charge in [0.15, 0.2) is 0 Å². The quantitative estimate of drug-likeness (QED) is 0.815. The van der Waals surface area contributed by atoms with E-state index in [9.17, 15) is 4.79 Å². The molecule has 1 amide bonds. The van der Waals surface area contributed by atoms with Gasteiger partial charge in [0, 0.05) is 0 Å². The molecule has 1 saturated heterocycles. The van der Waals surface area contributed by atoms with Crippen molar-refractivity contribution in [1.29, 1.82) is 0 Å². The first-order valence-electron chi connectivity index (χ1n) is 6.41. The van der Waals surface area contributed by atoms with Crippen molar-refractivity contribution < 1.29 is 14.6 Å². The van der Waals surface area contributed by atoms with Crippen LogP contribution in [0, 0.1) is 13.8 Å². The van der Waals surface area contributed by atoms with Crippen LogP contribution in [0.5, 0.6) is 5.75 Å². The van der Waals surface area contributed by atoms with Crippen molar-refractivity contribution in [2.45, 2.75) is 26.0 Å².